The standard InChI is InChI=1S/C26H23ClN2O5/c1-4-17-9-20(22(30)11-23(17)33-13-16-5-7-18(27)8-6-16)25-21(12-28-14-29-25)19-10-24(26(31)32-3)34-15(19)2/h5-12,14,30H,4,13H2,1-3H3. The van der Waals surface area contributed by atoms with Gasteiger partial charge >= 0.3 is 5.97 Å². The van der Waals surface area contributed by atoms with Gasteiger partial charge in [-0.25, -0.2) is 14.8 Å². The largest absolute Gasteiger partial charge is 0.507 e. The van der Waals surface area contributed by atoms with Gasteiger partial charge in [0.25, 0.3) is 0 Å². The molecule has 0 saturated heterocycles. The molecule has 0 spiro atoms. The van der Waals surface area contributed by atoms with E-state index in [1.165, 1.54) is 13.4 Å². The molecule has 0 aliphatic carbocycles. The molecule has 0 saturated carbocycles. The van der Waals surface area contributed by atoms with Gasteiger partial charge < -0.3 is 19.0 Å². The van der Waals surface area contributed by atoms with E-state index in [1.807, 2.05) is 37.3 Å². The second-order valence-corrected chi connectivity index (χ2v) is 8.04. The number of esters is 1. The molecule has 2 heterocycles. The van der Waals surface area contributed by atoms with Gasteiger partial charge in [0.1, 0.15) is 30.2 Å². The number of halogens is 1. The number of aromatic nitrogens is 2. The number of methoxy groups -OCH3 is 1. The van der Waals surface area contributed by atoms with E-state index in [0.29, 0.717) is 51.9 Å². The number of carbonyl (C=O) groups excluding carboxylic acids is 1. The molecule has 0 atom stereocenters. The van der Waals surface area contributed by atoms with Crippen molar-refractivity contribution < 1.29 is 23.8 Å². The lowest BCUT2D eigenvalue weighted by Crippen LogP contribution is -2.00. The number of benzene rings is 2. The summed E-state index contributed by atoms with van der Waals surface area (Å²) >= 11 is 5.95. The molecule has 0 aliphatic heterocycles. The van der Waals surface area contributed by atoms with Gasteiger partial charge in [-0.2, -0.15) is 0 Å². The van der Waals surface area contributed by atoms with Crippen molar-refractivity contribution in [1.82, 2.24) is 9.97 Å². The van der Waals surface area contributed by atoms with Crippen molar-refractivity contribution in [2.75, 3.05) is 7.11 Å². The molecule has 7 nitrogen and oxygen atoms in total. The number of nitrogens with zero attached hydrogens (tertiary/aromatic N) is 2. The molecule has 4 aromatic rings. The summed E-state index contributed by atoms with van der Waals surface area (Å²) in [5.41, 5.74) is 4.15. The van der Waals surface area contributed by atoms with Crippen molar-refractivity contribution in [3.8, 4) is 33.9 Å². The number of aromatic hydroxyl groups is 1. The minimum absolute atomic E-state index is 0.0117. The number of furan rings is 1. The molecule has 34 heavy (non-hydrogen) atoms. The van der Waals surface area contributed by atoms with E-state index in [4.69, 9.17) is 25.5 Å². The first-order valence-electron chi connectivity index (χ1n) is 10.6. The van der Waals surface area contributed by atoms with Crippen LogP contribution in [0.25, 0.3) is 22.4 Å². The molecular formula is C26H23ClN2O5. The van der Waals surface area contributed by atoms with E-state index in [9.17, 15) is 9.90 Å². The minimum atomic E-state index is -0.578. The molecule has 4 rings (SSSR count). The second kappa shape index (κ2) is 9.97. The summed E-state index contributed by atoms with van der Waals surface area (Å²) in [6.45, 7) is 4.09. The van der Waals surface area contributed by atoms with Crippen LogP contribution in [-0.4, -0.2) is 28.2 Å². The number of phenols is 1. The van der Waals surface area contributed by atoms with Gasteiger partial charge in [0, 0.05) is 34.0 Å². The van der Waals surface area contributed by atoms with Crippen molar-refractivity contribution in [3.05, 3.63) is 82.7 Å². The zero-order valence-corrected chi connectivity index (χ0v) is 19.7. The van der Waals surface area contributed by atoms with E-state index in [1.54, 1.807) is 25.3 Å². The highest BCUT2D eigenvalue weighted by Crippen LogP contribution is 2.40. The third kappa shape index (κ3) is 4.75. The van der Waals surface area contributed by atoms with Crippen molar-refractivity contribution in [2.45, 2.75) is 26.9 Å². The summed E-state index contributed by atoms with van der Waals surface area (Å²) in [7, 11) is 1.29. The fraction of sp³-hybridized carbons (Fsp3) is 0.192. The average Bonchev–Trinajstić information content (AvgIpc) is 3.24. The van der Waals surface area contributed by atoms with Crippen LogP contribution in [0.4, 0.5) is 0 Å². The van der Waals surface area contributed by atoms with Gasteiger partial charge in [0.15, 0.2) is 0 Å². The Morgan fingerprint density at radius 1 is 1.12 bits per heavy atom. The Hall–Kier alpha value is -3.84. The lowest BCUT2D eigenvalue weighted by molar-refractivity contribution is 0.0563. The predicted octanol–water partition coefficient (Wildman–Crippen LogP) is 6.00. The van der Waals surface area contributed by atoms with Gasteiger partial charge in [0.2, 0.25) is 5.76 Å². The van der Waals surface area contributed by atoms with E-state index in [0.717, 1.165) is 11.1 Å². The second-order valence-electron chi connectivity index (χ2n) is 7.60. The van der Waals surface area contributed by atoms with Crippen molar-refractivity contribution in [1.29, 1.82) is 0 Å². The van der Waals surface area contributed by atoms with Crippen LogP contribution in [0.1, 0.15) is 34.4 Å². The molecule has 0 unspecified atom stereocenters. The Balaban J connectivity index is 1.71. The van der Waals surface area contributed by atoms with Crippen LogP contribution < -0.4 is 4.74 Å². The van der Waals surface area contributed by atoms with Crippen LogP contribution >= 0.6 is 11.6 Å². The third-order valence-corrected chi connectivity index (χ3v) is 5.68. The summed E-state index contributed by atoms with van der Waals surface area (Å²) in [6, 6.07) is 12.4. The maximum atomic E-state index is 11.9. The van der Waals surface area contributed by atoms with Gasteiger partial charge in [-0.05, 0) is 48.7 Å². The van der Waals surface area contributed by atoms with Crippen LogP contribution in [0.15, 0.2) is 59.4 Å². The van der Waals surface area contributed by atoms with Gasteiger partial charge in [-0.3, -0.25) is 0 Å². The minimum Gasteiger partial charge on any atom is -0.507 e. The molecule has 174 valence electrons. The van der Waals surface area contributed by atoms with Crippen LogP contribution in [0.2, 0.25) is 5.02 Å². The lowest BCUT2D eigenvalue weighted by Gasteiger charge is -2.15. The van der Waals surface area contributed by atoms with E-state index in [2.05, 4.69) is 9.97 Å². The molecule has 0 radical (unpaired) electrons. The van der Waals surface area contributed by atoms with Crippen LogP contribution in [0.5, 0.6) is 11.5 Å². The van der Waals surface area contributed by atoms with Gasteiger partial charge in [0.05, 0.1) is 12.8 Å². The SMILES string of the molecule is CCc1cc(-c2ncncc2-c2cc(C(=O)OC)oc2C)c(O)cc1OCc1ccc(Cl)cc1. The van der Waals surface area contributed by atoms with Gasteiger partial charge in [-0.15, -0.1) is 0 Å². The number of phenolic OH excluding ortho intramolecular Hbond substituents is 1. The molecule has 0 bridgehead atoms. The first-order chi connectivity index (χ1) is 16.4. The monoisotopic (exact) mass is 478 g/mol. The molecule has 2 aromatic heterocycles. The molecule has 1 N–H and O–H groups in total. The maximum Gasteiger partial charge on any atom is 0.373 e. The topological polar surface area (TPSA) is 94.7 Å². The smallest absolute Gasteiger partial charge is 0.373 e. The zero-order valence-electron chi connectivity index (χ0n) is 19.0. The summed E-state index contributed by atoms with van der Waals surface area (Å²) in [6.07, 6.45) is 3.71. The van der Waals surface area contributed by atoms with Crippen LogP contribution in [0, 0.1) is 6.92 Å². The van der Waals surface area contributed by atoms with E-state index >= 15 is 0 Å². The highest BCUT2D eigenvalue weighted by molar-refractivity contribution is 6.30. The highest BCUT2D eigenvalue weighted by atomic mass is 35.5. The Labute approximate surface area is 202 Å². The Morgan fingerprint density at radius 2 is 1.88 bits per heavy atom. The van der Waals surface area contributed by atoms with Crippen LogP contribution in [-0.2, 0) is 17.8 Å². The summed E-state index contributed by atoms with van der Waals surface area (Å²) in [4.78, 5) is 20.5. The fourth-order valence-electron chi connectivity index (χ4n) is 3.65. The molecular weight excluding hydrogens is 456 g/mol. The molecule has 0 aliphatic rings. The molecule has 0 amide bonds. The average molecular weight is 479 g/mol. The Bertz CT molecular complexity index is 1330. The zero-order chi connectivity index (χ0) is 24.2. The maximum absolute atomic E-state index is 11.9. The fourth-order valence-corrected chi connectivity index (χ4v) is 3.77. The van der Waals surface area contributed by atoms with Crippen LogP contribution in [0.3, 0.4) is 0 Å². The first-order valence-corrected chi connectivity index (χ1v) is 11.0. The molecule has 8 heteroatoms. The number of carbonyl (C=O) groups is 1. The predicted molar refractivity (Wildman–Crippen MR) is 128 cm³/mol. The third-order valence-electron chi connectivity index (χ3n) is 5.43. The number of aryl methyl sites for hydroxylation is 2. The van der Waals surface area contributed by atoms with Crippen molar-refractivity contribution in [2.24, 2.45) is 0 Å². The number of ether oxygens (including phenoxy) is 2. The van der Waals surface area contributed by atoms with Crippen molar-refractivity contribution in [3.63, 3.8) is 0 Å². The number of hydrogen-bond donors (Lipinski definition) is 1. The van der Waals surface area contributed by atoms with E-state index < -0.39 is 5.97 Å². The lowest BCUT2D eigenvalue weighted by atomic mass is 9.97. The first kappa shape index (κ1) is 23.3. The highest BCUT2D eigenvalue weighted by Gasteiger charge is 2.21. The molecule has 0 fully saturated rings. The molecule has 2 aromatic carbocycles. The summed E-state index contributed by atoms with van der Waals surface area (Å²) in [5.74, 6) is 0.606. The normalized spacial score (nSPS) is 10.8. The van der Waals surface area contributed by atoms with Gasteiger partial charge in [-0.1, -0.05) is 30.7 Å². The summed E-state index contributed by atoms with van der Waals surface area (Å²) < 4.78 is 16.3. The Morgan fingerprint density at radius 3 is 2.59 bits per heavy atom. The number of hydrogen-bond acceptors (Lipinski definition) is 7. The quantitative estimate of drug-likeness (QED) is 0.325. The number of rotatable bonds is 7. The Kier molecular flexibility index (Phi) is 6.84. The summed E-state index contributed by atoms with van der Waals surface area (Å²) in [5, 5.41) is 11.6. The van der Waals surface area contributed by atoms with E-state index in [-0.39, 0.29) is 11.5 Å². The van der Waals surface area contributed by atoms with Crippen molar-refractivity contribution >= 4 is 17.6 Å².